The summed E-state index contributed by atoms with van der Waals surface area (Å²) >= 11 is 0. The molecule has 2 aromatic rings. The summed E-state index contributed by atoms with van der Waals surface area (Å²) < 4.78 is 0. The highest BCUT2D eigenvalue weighted by Gasteiger charge is 2.15. The largest absolute Gasteiger partial charge is 0.396 e. The monoisotopic (exact) mass is 254 g/mol. The number of hydrogen-bond donors (Lipinski definition) is 1. The molecule has 0 spiro atoms. The molecule has 19 heavy (non-hydrogen) atoms. The van der Waals surface area contributed by atoms with Crippen molar-refractivity contribution in [3.63, 3.8) is 0 Å². The summed E-state index contributed by atoms with van der Waals surface area (Å²) in [6.45, 7) is 6.58. The smallest absolute Gasteiger partial charge is 0.0440 e. The molecule has 1 unspecified atom stereocenters. The van der Waals surface area contributed by atoms with Gasteiger partial charge < -0.3 is 5.11 Å². The normalized spacial score (nSPS) is 12.4. The Bertz CT molecular complexity index is 540. The Balaban J connectivity index is 2.41. The van der Waals surface area contributed by atoms with Crippen LogP contribution in [0.25, 0.3) is 0 Å². The average Bonchev–Trinajstić information content (AvgIpc) is 2.38. The van der Waals surface area contributed by atoms with Gasteiger partial charge in [-0.3, -0.25) is 0 Å². The van der Waals surface area contributed by atoms with Crippen LogP contribution in [0.2, 0.25) is 0 Å². The van der Waals surface area contributed by atoms with Crippen molar-refractivity contribution >= 4 is 0 Å². The van der Waals surface area contributed by atoms with Crippen LogP contribution in [-0.2, 0) is 0 Å². The second kappa shape index (κ2) is 6.03. The van der Waals surface area contributed by atoms with E-state index < -0.39 is 0 Å². The van der Waals surface area contributed by atoms with Gasteiger partial charge in [0.1, 0.15) is 0 Å². The predicted octanol–water partition coefficient (Wildman–Crippen LogP) is 4.13. The van der Waals surface area contributed by atoms with Crippen molar-refractivity contribution in [3.8, 4) is 0 Å². The van der Waals surface area contributed by atoms with Gasteiger partial charge in [0.15, 0.2) is 0 Å². The number of rotatable bonds is 4. The second-order valence-electron chi connectivity index (χ2n) is 5.34. The average molecular weight is 254 g/mol. The van der Waals surface area contributed by atoms with Crippen LogP contribution in [0.3, 0.4) is 0 Å². The van der Waals surface area contributed by atoms with Crippen molar-refractivity contribution in [2.24, 2.45) is 0 Å². The van der Waals surface area contributed by atoms with Gasteiger partial charge in [0.05, 0.1) is 0 Å². The van der Waals surface area contributed by atoms with Gasteiger partial charge in [-0.1, -0.05) is 53.6 Å². The SMILES string of the molecule is Cc1ccc(C(CCO)c2ccc(C)cc2C)cc1. The van der Waals surface area contributed by atoms with Crippen molar-refractivity contribution in [1.29, 1.82) is 0 Å². The summed E-state index contributed by atoms with van der Waals surface area (Å²) in [6, 6.07) is 15.2. The molecule has 0 aliphatic carbocycles. The summed E-state index contributed by atoms with van der Waals surface area (Å²) in [6.07, 6.45) is 0.771. The Morgan fingerprint density at radius 1 is 0.895 bits per heavy atom. The minimum absolute atomic E-state index is 0.214. The minimum atomic E-state index is 0.214. The van der Waals surface area contributed by atoms with Gasteiger partial charge in [-0.05, 0) is 43.9 Å². The molecule has 0 aromatic heterocycles. The molecule has 0 fully saturated rings. The molecule has 100 valence electrons. The van der Waals surface area contributed by atoms with Gasteiger partial charge in [-0.25, -0.2) is 0 Å². The summed E-state index contributed by atoms with van der Waals surface area (Å²) in [4.78, 5) is 0. The van der Waals surface area contributed by atoms with E-state index in [0.29, 0.717) is 0 Å². The predicted molar refractivity (Wildman–Crippen MR) is 80.6 cm³/mol. The lowest BCUT2D eigenvalue weighted by Gasteiger charge is -2.20. The van der Waals surface area contributed by atoms with E-state index in [1.165, 1.54) is 27.8 Å². The lowest BCUT2D eigenvalue weighted by Crippen LogP contribution is -2.06. The third kappa shape index (κ3) is 3.24. The van der Waals surface area contributed by atoms with Gasteiger partial charge in [0.25, 0.3) is 0 Å². The first-order valence-corrected chi connectivity index (χ1v) is 6.86. The third-order valence-corrected chi connectivity index (χ3v) is 3.70. The lowest BCUT2D eigenvalue weighted by molar-refractivity contribution is 0.281. The molecule has 0 aliphatic rings. The second-order valence-corrected chi connectivity index (χ2v) is 5.34. The zero-order valence-electron chi connectivity index (χ0n) is 12.0. The molecule has 0 amide bonds. The molecular formula is C18H22O. The molecular weight excluding hydrogens is 232 g/mol. The Morgan fingerprint density at radius 3 is 2.11 bits per heavy atom. The van der Waals surface area contributed by atoms with Crippen molar-refractivity contribution in [3.05, 3.63) is 70.3 Å². The molecule has 0 saturated heterocycles. The summed E-state index contributed by atoms with van der Waals surface area (Å²) in [5.41, 5.74) is 6.47. The number of aryl methyl sites for hydroxylation is 3. The zero-order valence-corrected chi connectivity index (χ0v) is 12.0. The van der Waals surface area contributed by atoms with Crippen LogP contribution in [0.5, 0.6) is 0 Å². The topological polar surface area (TPSA) is 20.2 Å². The van der Waals surface area contributed by atoms with Gasteiger partial charge >= 0.3 is 0 Å². The molecule has 2 rings (SSSR count). The molecule has 1 heteroatoms. The van der Waals surface area contributed by atoms with E-state index in [1.807, 2.05) is 0 Å². The molecule has 0 radical (unpaired) electrons. The highest BCUT2D eigenvalue weighted by molar-refractivity contribution is 5.40. The maximum atomic E-state index is 9.36. The quantitative estimate of drug-likeness (QED) is 0.870. The Hall–Kier alpha value is -1.60. The van der Waals surface area contributed by atoms with Crippen LogP contribution in [0.4, 0.5) is 0 Å². The number of hydrogen-bond acceptors (Lipinski definition) is 1. The number of benzene rings is 2. The van der Waals surface area contributed by atoms with Crippen molar-refractivity contribution in [1.82, 2.24) is 0 Å². The highest BCUT2D eigenvalue weighted by Crippen LogP contribution is 2.30. The zero-order chi connectivity index (χ0) is 13.8. The minimum Gasteiger partial charge on any atom is -0.396 e. The van der Waals surface area contributed by atoms with Gasteiger partial charge in [0, 0.05) is 12.5 Å². The van der Waals surface area contributed by atoms with E-state index in [1.54, 1.807) is 0 Å². The first-order chi connectivity index (χ1) is 9.11. The van der Waals surface area contributed by atoms with E-state index in [0.717, 1.165) is 6.42 Å². The number of aliphatic hydroxyl groups is 1. The molecule has 2 aromatic carbocycles. The van der Waals surface area contributed by atoms with Crippen molar-refractivity contribution in [2.45, 2.75) is 33.1 Å². The van der Waals surface area contributed by atoms with E-state index in [9.17, 15) is 5.11 Å². The van der Waals surface area contributed by atoms with Crippen molar-refractivity contribution in [2.75, 3.05) is 6.61 Å². The summed E-state index contributed by atoms with van der Waals surface area (Å²) in [5, 5.41) is 9.36. The lowest BCUT2D eigenvalue weighted by atomic mass is 9.85. The van der Waals surface area contributed by atoms with Gasteiger partial charge in [-0.2, -0.15) is 0 Å². The fourth-order valence-electron chi connectivity index (χ4n) is 2.65. The van der Waals surface area contributed by atoms with Crippen LogP contribution in [0.1, 0.15) is 40.2 Å². The van der Waals surface area contributed by atoms with E-state index in [4.69, 9.17) is 0 Å². The fraction of sp³-hybridized carbons (Fsp3) is 0.333. The van der Waals surface area contributed by atoms with Crippen LogP contribution in [-0.4, -0.2) is 11.7 Å². The Labute approximate surface area is 115 Å². The molecule has 0 bridgehead atoms. The molecule has 0 saturated carbocycles. The van der Waals surface area contributed by atoms with Crippen LogP contribution < -0.4 is 0 Å². The van der Waals surface area contributed by atoms with Gasteiger partial charge in [0.2, 0.25) is 0 Å². The molecule has 0 heterocycles. The maximum Gasteiger partial charge on any atom is 0.0440 e. The summed E-state index contributed by atoms with van der Waals surface area (Å²) in [7, 11) is 0. The van der Waals surface area contributed by atoms with Crippen molar-refractivity contribution < 1.29 is 5.11 Å². The third-order valence-electron chi connectivity index (χ3n) is 3.70. The first kappa shape index (κ1) is 13.8. The standard InChI is InChI=1S/C18H22O/c1-13-4-7-16(8-5-13)18(10-11-19)17-9-6-14(2)12-15(17)3/h4-9,12,18-19H,10-11H2,1-3H3. The van der Waals surface area contributed by atoms with Crippen LogP contribution >= 0.6 is 0 Å². The highest BCUT2D eigenvalue weighted by atomic mass is 16.3. The number of aliphatic hydroxyl groups excluding tert-OH is 1. The van der Waals surface area contributed by atoms with Crippen LogP contribution in [0, 0.1) is 20.8 Å². The fourth-order valence-corrected chi connectivity index (χ4v) is 2.65. The molecule has 0 aliphatic heterocycles. The molecule has 1 N–H and O–H groups in total. The van der Waals surface area contributed by atoms with E-state index in [2.05, 4.69) is 63.2 Å². The Kier molecular flexibility index (Phi) is 4.39. The molecule has 1 atom stereocenters. The Morgan fingerprint density at radius 2 is 1.53 bits per heavy atom. The van der Waals surface area contributed by atoms with E-state index >= 15 is 0 Å². The maximum absolute atomic E-state index is 9.36. The summed E-state index contributed by atoms with van der Waals surface area (Å²) in [5.74, 6) is 0.284. The van der Waals surface area contributed by atoms with Gasteiger partial charge in [-0.15, -0.1) is 0 Å². The molecule has 1 nitrogen and oxygen atoms in total. The first-order valence-electron chi connectivity index (χ1n) is 6.86. The van der Waals surface area contributed by atoms with Crippen LogP contribution in [0.15, 0.2) is 42.5 Å². The van der Waals surface area contributed by atoms with E-state index in [-0.39, 0.29) is 12.5 Å².